The molecule has 32 heavy (non-hydrogen) atoms. The quantitative estimate of drug-likeness (QED) is 0.395. The third-order valence-electron chi connectivity index (χ3n) is 8.52. The molecule has 4 aliphatic heterocycles. The number of carbonyl (C=O) groups is 1. The van der Waals surface area contributed by atoms with E-state index in [0.717, 1.165) is 70.3 Å². The average molecular weight is 451 g/mol. The summed E-state index contributed by atoms with van der Waals surface area (Å²) < 4.78 is 6.27. The number of nitrogens with zero attached hydrogens (tertiary/aromatic N) is 4. The van der Waals surface area contributed by atoms with Crippen molar-refractivity contribution in [3.05, 3.63) is 11.4 Å². The molecule has 0 aromatic rings. The van der Waals surface area contributed by atoms with Crippen LogP contribution in [0.25, 0.3) is 0 Å². The molecule has 0 amide bonds. The highest BCUT2D eigenvalue weighted by atomic mass is 16.5. The lowest BCUT2D eigenvalue weighted by atomic mass is 9.70. The summed E-state index contributed by atoms with van der Waals surface area (Å²) in [6, 6.07) is 0. The van der Waals surface area contributed by atoms with E-state index in [1.54, 1.807) is 0 Å². The Balaban J connectivity index is 1.85. The number of ketones is 1. The van der Waals surface area contributed by atoms with Gasteiger partial charge in [0.25, 0.3) is 0 Å². The van der Waals surface area contributed by atoms with Gasteiger partial charge in [-0.3, -0.25) is 29.7 Å². The fourth-order valence-electron chi connectivity index (χ4n) is 6.51. The Morgan fingerprint density at radius 1 is 0.969 bits per heavy atom. The molecule has 9 nitrogen and oxygen atoms in total. The lowest BCUT2D eigenvalue weighted by molar-refractivity contribution is -0.920. The summed E-state index contributed by atoms with van der Waals surface area (Å²) in [5.41, 5.74) is 0.712. The minimum Gasteiger partial charge on any atom is -0.379 e. The fourth-order valence-corrected chi connectivity index (χ4v) is 6.51. The number of morpholine rings is 1. The zero-order chi connectivity index (χ0) is 23.4. The Labute approximate surface area is 193 Å². The highest BCUT2D eigenvalue weighted by molar-refractivity contribution is 5.98. The summed E-state index contributed by atoms with van der Waals surface area (Å²) in [5.74, 6) is 0.363. The number of allylic oxidation sites excluding steroid dienone is 1. The van der Waals surface area contributed by atoms with E-state index in [1.165, 1.54) is 0 Å². The number of piperazine rings is 1. The first-order chi connectivity index (χ1) is 15.0. The SMILES string of the molecule is CNC1(NC)CC(=O)C2=C(NC(N3CCOCC3)(N3CCN(C)CC3)CC2(C)C)[N+]1(C)C. The largest absolute Gasteiger partial charge is 0.379 e. The van der Waals surface area contributed by atoms with Gasteiger partial charge < -0.3 is 15.0 Å². The molecule has 2 fully saturated rings. The predicted molar refractivity (Wildman–Crippen MR) is 125 cm³/mol. The zero-order valence-corrected chi connectivity index (χ0v) is 21.2. The molecule has 2 saturated heterocycles. The third-order valence-corrected chi connectivity index (χ3v) is 8.52. The van der Waals surface area contributed by atoms with E-state index in [9.17, 15) is 4.79 Å². The van der Waals surface area contributed by atoms with Crippen molar-refractivity contribution >= 4 is 5.78 Å². The zero-order valence-electron chi connectivity index (χ0n) is 21.2. The van der Waals surface area contributed by atoms with Crippen LogP contribution in [0.3, 0.4) is 0 Å². The molecular formula is C23H44N7O2+. The normalized spacial score (nSPS) is 33.7. The molecule has 4 heterocycles. The Hall–Kier alpha value is -1.07. The summed E-state index contributed by atoms with van der Waals surface area (Å²) in [6.07, 6.45) is 1.30. The van der Waals surface area contributed by atoms with Crippen molar-refractivity contribution in [2.45, 2.75) is 38.3 Å². The summed E-state index contributed by atoms with van der Waals surface area (Å²) in [5, 5.41) is 11.0. The van der Waals surface area contributed by atoms with Gasteiger partial charge in [0.15, 0.2) is 11.6 Å². The van der Waals surface area contributed by atoms with Gasteiger partial charge in [-0.15, -0.1) is 0 Å². The third kappa shape index (κ3) is 3.53. The van der Waals surface area contributed by atoms with E-state index in [1.807, 2.05) is 14.1 Å². The van der Waals surface area contributed by atoms with E-state index in [2.05, 4.69) is 65.6 Å². The van der Waals surface area contributed by atoms with E-state index >= 15 is 0 Å². The lowest BCUT2D eigenvalue weighted by Crippen LogP contribution is -2.82. The monoisotopic (exact) mass is 450 g/mol. The van der Waals surface area contributed by atoms with Crippen LogP contribution in [0.1, 0.15) is 26.7 Å². The molecule has 9 heteroatoms. The second-order valence-corrected chi connectivity index (χ2v) is 11.0. The molecule has 3 N–H and O–H groups in total. The minimum atomic E-state index is -0.560. The van der Waals surface area contributed by atoms with Gasteiger partial charge in [-0.05, 0) is 21.1 Å². The molecule has 0 bridgehead atoms. The van der Waals surface area contributed by atoms with Gasteiger partial charge in [0.2, 0.25) is 11.6 Å². The van der Waals surface area contributed by atoms with Crippen LogP contribution in [-0.2, 0) is 9.53 Å². The molecule has 0 radical (unpaired) electrons. The van der Waals surface area contributed by atoms with Crippen molar-refractivity contribution in [3.8, 4) is 0 Å². The molecule has 0 aromatic heterocycles. The molecule has 1 unspecified atom stereocenters. The van der Waals surface area contributed by atoms with Crippen molar-refractivity contribution in [2.75, 3.05) is 87.7 Å². The molecule has 0 spiro atoms. The van der Waals surface area contributed by atoms with Crippen LogP contribution in [0.5, 0.6) is 0 Å². The number of carbonyl (C=O) groups excluding carboxylic acids is 1. The lowest BCUT2D eigenvalue weighted by Gasteiger charge is -2.62. The van der Waals surface area contributed by atoms with Gasteiger partial charge in [-0.1, -0.05) is 13.8 Å². The first kappa shape index (κ1) is 24.1. The number of likely N-dealkylation sites (N-methyl/N-ethyl adjacent to an activating group) is 1. The van der Waals surface area contributed by atoms with Crippen LogP contribution in [0, 0.1) is 5.41 Å². The molecule has 0 saturated carbocycles. The van der Waals surface area contributed by atoms with Gasteiger partial charge in [0.05, 0.1) is 39.3 Å². The second-order valence-electron chi connectivity index (χ2n) is 11.0. The minimum absolute atomic E-state index is 0.229. The first-order valence-corrected chi connectivity index (χ1v) is 12.1. The number of nitrogens with one attached hydrogen (secondary N) is 3. The number of hydrogen-bond acceptors (Lipinski definition) is 8. The van der Waals surface area contributed by atoms with Gasteiger partial charge in [-0.25, -0.2) is 0 Å². The van der Waals surface area contributed by atoms with Crippen LogP contribution in [-0.4, -0.2) is 124 Å². The van der Waals surface area contributed by atoms with Crippen LogP contribution < -0.4 is 16.0 Å². The Bertz CT molecular complexity index is 762. The Morgan fingerprint density at radius 3 is 2.09 bits per heavy atom. The van der Waals surface area contributed by atoms with Gasteiger partial charge >= 0.3 is 0 Å². The molecular weight excluding hydrogens is 406 g/mol. The van der Waals surface area contributed by atoms with E-state index in [-0.39, 0.29) is 17.0 Å². The molecule has 0 aliphatic carbocycles. The van der Waals surface area contributed by atoms with Crippen LogP contribution in [0.2, 0.25) is 0 Å². The standard InChI is InChI=1S/C23H43N7O2/c1-21(2)17-23(29-12-14-32-15-13-29,28-10-8-27(5)9-11-28)26-20-19(21)18(31)16-22(24-3,25-4)30(20,6)7/h24-25H,8-17H2,1-7H3/p+1. The summed E-state index contributed by atoms with van der Waals surface area (Å²) in [6.45, 7) is 11.9. The van der Waals surface area contributed by atoms with E-state index < -0.39 is 5.79 Å². The average Bonchev–Trinajstić information content (AvgIpc) is 2.76. The Kier molecular flexibility index (Phi) is 6.24. The molecule has 1 atom stereocenters. The number of hydrogen-bond donors (Lipinski definition) is 3. The fraction of sp³-hybridized carbons (Fsp3) is 0.870. The maximum absolute atomic E-state index is 13.6. The maximum Gasteiger partial charge on any atom is 0.222 e. The Morgan fingerprint density at radius 2 is 1.53 bits per heavy atom. The topological polar surface area (TPSA) is 72.1 Å². The number of quaternary nitrogens is 1. The van der Waals surface area contributed by atoms with Crippen molar-refractivity contribution in [1.29, 1.82) is 0 Å². The van der Waals surface area contributed by atoms with Gasteiger partial charge in [0.1, 0.15) is 0 Å². The number of Topliss-reactive ketones (excluding diaryl/α,β-unsaturated/α-hetero) is 1. The highest BCUT2D eigenvalue weighted by Crippen LogP contribution is 2.50. The summed E-state index contributed by atoms with van der Waals surface area (Å²) >= 11 is 0. The number of rotatable bonds is 4. The highest BCUT2D eigenvalue weighted by Gasteiger charge is 2.62. The van der Waals surface area contributed by atoms with E-state index in [0.29, 0.717) is 10.9 Å². The number of ether oxygens (including phenoxy) is 1. The van der Waals surface area contributed by atoms with Gasteiger partial charge in [-0.2, -0.15) is 0 Å². The van der Waals surface area contributed by atoms with Gasteiger partial charge in [0, 0.05) is 51.1 Å². The second kappa shape index (κ2) is 8.30. The maximum atomic E-state index is 13.6. The molecule has 0 aromatic carbocycles. The molecule has 4 aliphatic rings. The van der Waals surface area contributed by atoms with Crippen LogP contribution >= 0.6 is 0 Å². The molecule has 4 rings (SSSR count). The van der Waals surface area contributed by atoms with Crippen LogP contribution in [0.4, 0.5) is 0 Å². The van der Waals surface area contributed by atoms with Crippen molar-refractivity contribution in [1.82, 2.24) is 30.7 Å². The summed E-state index contributed by atoms with van der Waals surface area (Å²) in [7, 11) is 10.5. The first-order valence-electron chi connectivity index (χ1n) is 12.1. The van der Waals surface area contributed by atoms with Crippen molar-refractivity contribution < 1.29 is 14.0 Å². The van der Waals surface area contributed by atoms with Crippen molar-refractivity contribution in [2.24, 2.45) is 5.41 Å². The van der Waals surface area contributed by atoms with Crippen molar-refractivity contribution in [3.63, 3.8) is 0 Å². The predicted octanol–water partition coefficient (Wildman–Crippen LogP) is -0.407. The summed E-state index contributed by atoms with van der Waals surface area (Å²) in [4.78, 5) is 21.2. The van der Waals surface area contributed by atoms with Crippen LogP contribution in [0.15, 0.2) is 11.4 Å². The smallest absolute Gasteiger partial charge is 0.222 e. The van der Waals surface area contributed by atoms with E-state index in [4.69, 9.17) is 4.74 Å². The molecule has 182 valence electrons.